The molecule has 1 rings (SSSR count). The molecule has 0 bridgehead atoms. The highest BCUT2D eigenvalue weighted by molar-refractivity contribution is 5.07. The predicted molar refractivity (Wildman–Crippen MR) is 25.5 cm³/mol. The van der Waals surface area contributed by atoms with Gasteiger partial charge in [0.2, 0.25) is 0 Å². The van der Waals surface area contributed by atoms with Crippen LogP contribution in [-0.4, -0.2) is 4.98 Å². The molecule has 0 spiro atoms. The van der Waals surface area contributed by atoms with Crippen LogP contribution in [0.25, 0.3) is 0 Å². The smallest absolute Gasteiger partial charge is 0.143 e. The molecule has 0 aromatic carbocycles. The summed E-state index contributed by atoms with van der Waals surface area (Å²) in [4.78, 5) is 2.62. The molecule has 38 valence electrons. The molecule has 1 heterocycles. The zero-order valence-electron chi connectivity index (χ0n) is 4.03. The molecule has 0 aliphatic carbocycles. The van der Waals surface area contributed by atoms with Gasteiger partial charge in [-0.15, -0.1) is 0 Å². The molecule has 7 heavy (non-hydrogen) atoms. The summed E-state index contributed by atoms with van der Waals surface area (Å²) in [6.45, 7) is 1.71. The molecule has 0 atom stereocenters. The van der Waals surface area contributed by atoms with E-state index in [4.69, 9.17) is 0 Å². The van der Waals surface area contributed by atoms with Crippen molar-refractivity contribution in [1.29, 1.82) is 0 Å². The standard InChI is InChI=1S/C5H6FN/c1-4-2-7-3-5(4)6/h2-3,7H,1H3. The number of aromatic nitrogens is 1. The van der Waals surface area contributed by atoms with Crippen LogP contribution in [0, 0.1) is 12.7 Å². The first-order chi connectivity index (χ1) is 3.30. The van der Waals surface area contributed by atoms with Crippen molar-refractivity contribution >= 4 is 0 Å². The van der Waals surface area contributed by atoms with Crippen LogP contribution in [0.3, 0.4) is 0 Å². The average Bonchev–Trinajstić information content (AvgIpc) is 1.91. The third-order valence-corrected chi connectivity index (χ3v) is 0.887. The first kappa shape index (κ1) is 4.37. The van der Waals surface area contributed by atoms with Gasteiger partial charge in [-0.3, -0.25) is 0 Å². The van der Waals surface area contributed by atoms with Crippen LogP contribution in [0.2, 0.25) is 0 Å². The molecule has 1 aromatic rings. The highest BCUT2D eigenvalue weighted by Gasteiger charge is 1.91. The lowest BCUT2D eigenvalue weighted by Crippen LogP contribution is -1.65. The van der Waals surface area contributed by atoms with E-state index in [2.05, 4.69) is 4.98 Å². The van der Waals surface area contributed by atoms with Crippen molar-refractivity contribution in [3.8, 4) is 0 Å². The summed E-state index contributed by atoms with van der Waals surface area (Å²) < 4.78 is 12.0. The van der Waals surface area contributed by atoms with Crippen molar-refractivity contribution < 1.29 is 4.39 Å². The summed E-state index contributed by atoms with van der Waals surface area (Å²) in [6, 6.07) is 0. The van der Waals surface area contributed by atoms with Crippen molar-refractivity contribution in [2.24, 2.45) is 0 Å². The maximum atomic E-state index is 12.0. The highest BCUT2D eigenvalue weighted by atomic mass is 19.1. The van der Waals surface area contributed by atoms with Gasteiger partial charge in [0.05, 0.1) is 0 Å². The molecule has 1 N–H and O–H groups in total. The van der Waals surface area contributed by atoms with E-state index >= 15 is 0 Å². The van der Waals surface area contributed by atoms with Gasteiger partial charge in [0.15, 0.2) is 0 Å². The molecule has 0 amide bonds. The number of aryl methyl sites for hydroxylation is 1. The second-order valence-corrected chi connectivity index (χ2v) is 1.49. The molecule has 0 saturated heterocycles. The van der Waals surface area contributed by atoms with E-state index in [1.165, 1.54) is 6.20 Å². The molecule has 0 aliphatic heterocycles. The minimum Gasteiger partial charge on any atom is -0.365 e. The van der Waals surface area contributed by atoms with E-state index in [0.29, 0.717) is 5.56 Å². The third-order valence-electron chi connectivity index (χ3n) is 0.887. The van der Waals surface area contributed by atoms with Gasteiger partial charge in [0.25, 0.3) is 0 Å². The Labute approximate surface area is 41.2 Å². The summed E-state index contributed by atoms with van der Waals surface area (Å²) in [5, 5.41) is 0. The Kier molecular flexibility index (Phi) is 0.855. The lowest BCUT2D eigenvalue weighted by Gasteiger charge is -1.74. The van der Waals surface area contributed by atoms with E-state index in [1.54, 1.807) is 13.1 Å². The largest absolute Gasteiger partial charge is 0.365 e. The van der Waals surface area contributed by atoms with Crippen LogP contribution >= 0.6 is 0 Å². The molecule has 0 unspecified atom stereocenters. The Morgan fingerprint density at radius 1 is 1.57 bits per heavy atom. The second kappa shape index (κ2) is 1.37. The quantitative estimate of drug-likeness (QED) is 0.506. The summed E-state index contributed by atoms with van der Waals surface area (Å²) in [5.74, 6) is -0.167. The lowest BCUT2D eigenvalue weighted by molar-refractivity contribution is 0.621. The minimum atomic E-state index is -0.167. The van der Waals surface area contributed by atoms with Gasteiger partial charge < -0.3 is 4.98 Å². The highest BCUT2D eigenvalue weighted by Crippen LogP contribution is 2.00. The van der Waals surface area contributed by atoms with Crippen LogP contribution in [0.5, 0.6) is 0 Å². The van der Waals surface area contributed by atoms with Crippen molar-refractivity contribution in [2.75, 3.05) is 0 Å². The van der Waals surface area contributed by atoms with E-state index in [9.17, 15) is 4.39 Å². The summed E-state index contributed by atoms with van der Waals surface area (Å²) >= 11 is 0. The fourth-order valence-electron chi connectivity index (χ4n) is 0.423. The van der Waals surface area contributed by atoms with Crippen molar-refractivity contribution in [1.82, 2.24) is 4.98 Å². The molecule has 0 saturated carbocycles. The average molecular weight is 99.1 g/mol. The van der Waals surface area contributed by atoms with Gasteiger partial charge in [-0.25, -0.2) is 4.39 Å². The first-order valence-corrected chi connectivity index (χ1v) is 2.09. The Morgan fingerprint density at radius 2 is 2.29 bits per heavy atom. The topological polar surface area (TPSA) is 15.8 Å². The molecule has 1 aromatic heterocycles. The number of aromatic amines is 1. The summed E-state index contributed by atoms with van der Waals surface area (Å²) in [6.07, 6.45) is 2.95. The molecule has 2 heteroatoms. The SMILES string of the molecule is Cc1c[nH]cc1F. The summed E-state index contributed by atoms with van der Waals surface area (Å²) in [7, 11) is 0. The van der Waals surface area contributed by atoms with Crippen LogP contribution in [0.4, 0.5) is 4.39 Å². The van der Waals surface area contributed by atoms with Gasteiger partial charge in [-0.1, -0.05) is 0 Å². The number of halogens is 1. The first-order valence-electron chi connectivity index (χ1n) is 2.09. The zero-order valence-corrected chi connectivity index (χ0v) is 4.03. The van der Waals surface area contributed by atoms with Crippen molar-refractivity contribution in [3.63, 3.8) is 0 Å². The number of hydrogen-bond donors (Lipinski definition) is 1. The second-order valence-electron chi connectivity index (χ2n) is 1.49. The van der Waals surface area contributed by atoms with Gasteiger partial charge in [-0.2, -0.15) is 0 Å². The monoisotopic (exact) mass is 99.0 g/mol. The third kappa shape index (κ3) is 0.633. The van der Waals surface area contributed by atoms with Crippen LogP contribution < -0.4 is 0 Å². The zero-order chi connectivity index (χ0) is 5.28. The lowest BCUT2D eigenvalue weighted by atomic mass is 10.4. The van der Waals surface area contributed by atoms with E-state index in [1.807, 2.05) is 0 Å². The number of nitrogens with one attached hydrogen (secondary N) is 1. The van der Waals surface area contributed by atoms with Gasteiger partial charge in [0.1, 0.15) is 5.82 Å². The van der Waals surface area contributed by atoms with Gasteiger partial charge in [0, 0.05) is 18.0 Å². The van der Waals surface area contributed by atoms with Crippen molar-refractivity contribution in [2.45, 2.75) is 6.92 Å². The Bertz CT molecular complexity index is 140. The normalized spacial score (nSPS) is 9.43. The predicted octanol–water partition coefficient (Wildman–Crippen LogP) is 1.46. The Morgan fingerprint density at radius 3 is 2.43 bits per heavy atom. The molecule has 0 fully saturated rings. The molecule has 1 nitrogen and oxygen atoms in total. The maximum Gasteiger partial charge on any atom is 0.143 e. The molecular weight excluding hydrogens is 93.1 g/mol. The Balaban J connectivity index is 3.12. The summed E-state index contributed by atoms with van der Waals surface area (Å²) in [5.41, 5.74) is 0.667. The van der Waals surface area contributed by atoms with E-state index in [-0.39, 0.29) is 5.82 Å². The minimum absolute atomic E-state index is 0.167. The Hall–Kier alpha value is -0.790. The van der Waals surface area contributed by atoms with Crippen LogP contribution in [0.1, 0.15) is 5.56 Å². The number of hydrogen-bond acceptors (Lipinski definition) is 0. The van der Waals surface area contributed by atoms with Crippen LogP contribution in [-0.2, 0) is 0 Å². The van der Waals surface area contributed by atoms with E-state index < -0.39 is 0 Å². The fraction of sp³-hybridized carbons (Fsp3) is 0.200. The van der Waals surface area contributed by atoms with E-state index in [0.717, 1.165) is 0 Å². The van der Waals surface area contributed by atoms with Crippen LogP contribution in [0.15, 0.2) is 12.4 Å². The molecular formula is C5H6FN. The van der Waals surface area contributed by atoms with Gasteiger partial charge >= 0.3 is 0 Å². The molecule has 0 aliphatic rings. The van der Waals surface area contributed by atoms with Crippen molar-refractivity contribution in [3.05, 3.63) is 23.8 Å². The van der Waals surface area contributed by atoms with Gasteiger partial charge in [-0.05, 0) is 6.92 Å². The molecule has 0 radical (unpaired) electrons. The maximum absolute atomic E-state index is 12.0. The number of rotatable bonds is 0. The number of H-pyrrole nitrogens is 1. The fourth-order valence-corrected chi connectivity index (χ4v) is 0.423.